The Labute approximate surface area is 168 Å². The van der Waals surface area contributed by atoms with Gasteiger partial charge in [0.05, 0.1) is 9.83 Å². The summed E-state index contributed by atoms with van der Waals surface area (Å²) >= 11 is 2.18. The van der Waals surface area contributed by atoms with Crippen LogP contribution >= 0.6 is 22.6 Å². The van der Waals surface area contributed by atoms with Gasteiger partial charge in [0.1, 0.15) is 17.2 Å². The maximum atomic E-state index is 12.0. The van der Waals surface area contributed by atoms with Crippen molar-refractivity contribution in [1.82, 2.24) is 5.32 Å². The van der Waals surface area contributed by atoms with Crippen LogP contribution in [0.15, 0.2) is 77.0 Å². The molecule has 1 amide bonds. The van der Waals surface area contributed by atoms with Crippen molar-refractivity contribution in [3.05, 3.63) is 87.5 Å². The molecule has 1 heterocycles. The van der Waals surface area contributed by atoms with Crippen LogP contribution in [-0.4, -0.2) is 17.0 Å². The highest BCUT2D eigenvalue weighted by Crippen LogP contribution is 2.26. The van der Waals surface area contributed by atoms with Crippen molar-refractivity contribution in [3.8, 4) is 11.5 Å². The monoisotopic (exact) mass is 475 g/mol. The zero-order valence-electron chi connectivity index (χ0n) is 13.9. The van der Waals surface area contributed by atoms with E-state index >= 15 is 0 Å². The van der Waals surface area contributed by atoms with Crippen molar-refractivity contribution >= 4 is 40.5 Å². The van der Waals surface area contributed by atoms with Gasteiger partial charge in [-0.3, -0.25) is 4.79 Å². The highest BCUT2D eigenvalue weighted by Gasteiger charge is 2.15. The Bertz CT molecular complexity index is 978. The first-order valence-corrected chi connectivity index (χ1v) is 8.93. The van der Waals surface area contributed by atoms with E-state index in [1.807, 2.05) is 24.3 Å². The van der Waals surface area contributed by atoms with Crippen molar-refractivity contribution in [2.75, 3.05) is 0 Å². The van der Waals surface area contributed by atoms with Gasteiger partial charge in [0.25, 0.3) is 5.91 Å². The molecule has 2 N–H and O–H groups in total. The van der Waals surface area contributed by atoms with E-state index in [9.17, 15) is 14.7 Å². The molecule has 0 aliphatic rings. The normalized spacial score (nSPS) is 11.1. The standard InChI is InChI=1S/C20H14INO5/c21-15-4-1-2-5-17(15)27-14-9-7-13(8-10-14)12-16(20(24)25)22-19(23)18-6-3-11-26-18/h1-12H,(H,22,23)(H,24,25)/b16-12+. The molecule has 0 aliphatic heterocycles. The molecule has 27 heavy (non-hydrogen) atoms. The predicted octanol–water partition coefficient (Wildman–Crippen LogP) is 4.53. The molecule has 0 radical (unpaired) electrons. The molecule has 7 heteroatoms. The number of hydrogen-bond acceptors (Lipinski definition) is 4. The molecule has 0 spiro atoms. The number of carbonyl (C=O) groups is 2. The van der Waals surface area contributed by atoms with E-state index in [1.165, 1.54) is 18.4 Å². The van der Waals surface area contributed by atoms with Gasteiger partial charge in [0.2, 0.25) is 0 Å². The summed E-state index contributed by atoms with van der Waals surface area (Å²) in [5.41, 5.74) is 0.338. The Kier molecular flexibility index (Phi) is 5.92. The molecule has 0 bridgehead atoms. The third-order valence-electron chi connectivity index (χ3n) is 3.48. The Hall–Kier alpha value is -3.07. The number of benzene rings is 2. The second-order valence-corrected chi connectivity index (χ2v) is 6.56. The lowest BCUT2D eigenvalue weighted by Crippen LogP contribution is -2.26. The summed E-state index contributed by atoms with van der Waals surface area (Å²) in [6, 6.07) is 17.5. The van der Waals surface area contributed by atoms with Gasteiger partial charge in [0, 0.05) is 0 Å². The van der Waals surface area contributed by atoms with Crippen LogP contribution in [0.1, 0.15) is 16.1 Å². The number of carboxylic acid groups (broad SMARTS) is 1. The molecule has 1 aromatic heterocycles. The van der Waals surface area contributed by atoms with E-state index in [0.29, 0.717) is 11.3 Å². The Morgan fingerprint density at radius 1 is 1.04 bits per heavy atom. The smallest absolute Gasteiger partial charge is 0.352 e. The van der Waals surface area contributed by atoms with Crippen LogP contribution in [0, 0.1) is 3.57 Å². The number of furan rings is 1. The fraction of sp³-hybridized carbons (Fsp3) is 0. The van der Waals surface area contributed by atoms with E-state index in [-0.39, 0.29) is 11.5 Å². The van der Waals surface area contributed by atoms with Crippen LogP contribution in [0.3, 0.4) is 0 Å². The van der Waals surface area contributed by atoms with Gasteiger partial charge in [-0.2, -0.15) is 0 Å². The molecule has 0 unspecified atom stereocenters. The number of halogens is 1. The van der Waals surface area contributed by atoms with Crippen molar-refractivity contribution in [2.24, 2.45) is 0 Å². The summed E-state index contributed by atoms with van der Waals surface area (Å²) in [7, 11) is 0. The van der Waals surface area contributed by atoms with Gasteiger partial charge < -0.3 is 19.6 Å². The molecule has 0 atom stereocenters. The second kappa shape index (κ2) is 8.54. The summed E-state index contributed by atoms with van der Waals surface area (Å²) in [4.78, 5) is 23.4. The Morgan fingerprint density at radius 3 is 2.41 bits per heavy atom. The largest absolute Gasteiger partial charge is 0.477 e. The van der Waals surface area contributed by atoms with E-state index < -0.39 is 11.9 Å². The first-order valence-electron chi connectivity index (χ1n) is 7.85. The van der Waals surface area contributed by atoms with Crippen molar-refractivity contribution < 1.29 is 23.8 Å². The highest BCUT2D eigenvalue weighted by atomic mass is 127. The Morgan fingerprint density at radius 2 is 1.78 bits per heavy atom. The van der Waals surface area contributed by atoms with Crippen molar-refractivity contribution in [2.45, 2.75) is 0 Å². The third-order valence-corrected chi connectivity index (χ3v) is 4.37. The molecular formula is C20H14INO5. The number of aliphatic carboxylic acids is 1. The van der Waals surface area contributed by atoms with E-state index in [1.54, 1.807) is 30.3 Å². The van der Waals surface area contributed by atoms with Crippen LogP contribution in [0.25, 0.3) is 6.08 Å². The molecule has 6 nitrogen and oxygen atoms in total. The lowest BCUT2D eigenvalue weighted by Gasteiger charge is -2.08. The minimum Gasteiger partial charge on any atom is -0.477 e. The van der Waals surface area contributed by atoms with Crippen LogP contribution < -0.4 is 10.1 Å². The van der Waals surface area contributed by atoms with Gasteiger partial charge in [-0.1, -0.05) is 24.3 Å². The van der Waals surface area contributed by atoms with Crippen LogP contribution in [0.2, 0.25) is 0 Å². The molecule has 0 fully saturated rings. The number of nitrogens with one attached hydrogen (secondary N) is 1. The molecule has 0 saturated carbocycles. The number of amides is 1. The van der Waals surface area contributed by atoms with Gasteiger partial charge >= 0.3 is 5.97 Å². The minimum absolute atomic E-state index is 0.0309. The Balaban J connectivity index is 1.75. The number of carbonyl (C=O) groups excluding carboxylic acids is 1. The molecule has 2 aromatic carbocycles. The number of carboxylic acids is 1. The van der Waals surface area contributed by atoms with Crippen LogP contribution in [0.5, 0.6) is 11.5 Å². The average Bonchev–Trinajstić information content (AvgIpc) is 3.19. The third kappa shape index (κ3) is 4.98. The lowest BCUT2D eigenvalue weighted by atomic mass is 10.2. The quantitative estimate of drug-likeness (QED) is 0.404. The number of rotatable bonds is 6. The predicted molar refractivity (Wildman–Crippen MR) is 107 cm³/mol. The molecule has 0 aliphatic carbocycles. The number of ether oxygens (including phenoxy) is 1. The topological polar surface area (TPSA) is 88.8 Å². The molecule has 3 aromatic rings. The van der Waals surface area contributed by atoms with Crippen molar-refractivity contribution in [1.29, 1.82) is 0 Å². The first-order chi connectivity index (χ1) is 13.0. The fourth-order valence-corrected chi connectivity index (χ4v) is 2.69. The van der Waals surface area contributed by atoms with Gasteiger partial charge in [-0.15, -0.1) is 0 Å². The molecule has 136 valence electrons. The lowest BCUT2D eigenvalue weighted by molar-refractivity contribution is -0.132. The van der Waals surface area contributed by atoms with Crippen LogP contribution in [0.4, 0.5) is 0 Å². The second-order valence-electron chi connectivity index (χ2n) is 5.40. The highest BCUT2D eigenvalue weighted by molar-refractivity contribution is 14.1. The van der Waals surface area contributed by atoms with Gasteiger partial charge in [0.15, 0.2) is 5.76 Å². The maximum absolute atomic E-state index is 12.0. The first kappa shape index (κ1) is 18.7. The van der Waals surface area contributed by atoms with Crippen LogP contribution in [-0.2, 0) is 4.79 Å². The SMILES string of the molecule is O=C(O)/C(=C\c1ccc(Oc2ccccc2I)cc1)NC(=O)c1ccco1. The molecule has 3 rings (SSSR count). The average molecular weight is 475 g/mol. The maximum Gasteiger partial charge on any atom is 0.352 e. The van der Waals surface area contributed by atoms with Gasteiger partial charge in [-0.25, -0.2) is 4.79 Å². The summed E-state index contributed by atoms with van der Waals surface area (Å²) in [5.74, 6) is -0.504. The fourth-order valence-electron chi connectivity index (χ4n) is 2.20. The summed E-state index contributed by atoms with van der Waals surface area (Å²) < 4.78 is 11.7. The van der Waals surface area contributed by atoms with E-state index in [2.05, 4.69) is 27.9 Å². The van der Waals surface area contributed by atoms with E-state index in [0.717, 1.165) is 9.32 Å². The number of para-hydroxylation sites is 1. The summed E-state index contributed by atoms with van der Waals surface area (Å²) in [6.45, 7) is 0. The zero-order chi connectivity index (χ0) is 19.2. The van der Waals surface area contributed by atoms with Gasteiger partial charge in [-0.05, 0) is 70.6 Å². The minimum atomic E-state index is -1.26. The molecular weight excluding hydrogens is 461 g/mol. The van der Waals surface area contributed by atoms with Crippen molar-refractivity contribution in [3.63, 3.8) is 0 Å². The summed E-state index contributed by atoms with van der Waals surface area (Å²) in [5, 5.41) is 11.6. The summed E-state index contributed by atoms with van der Waals surface area (Å²) in [6.07, 6.45) is 2.70. The zero-order valence-corrected chi connectivity index (χ0v) is 16.0. The molecule has 0 saturated heterocycles. The number of hydrogen-bond donors (Lipinski definition) is 2. The van der Waals surface area contributed by atoms with E-state index in [4.69, 9.17) is 9.15 Å².